The summed E-state index contributed by atoms with van der Waals surface area (Å²) in [5.74, 6) is -1.26. The average molecular weight is 242 g/mol. The van der Waals surface area contributed by atoms with Crippen LogP contribution in [0, 0.1) is 17.6 Å². The quantitative estimate of drug-likeness (QED) is 0.883. The Labute approximate surface area is 99.2 Å². The molecule has 0 radical (unpaired) electrons. The Bertz CT molecular complexity index is 395. The summed E-state index contributed by atoms with van der Waals surface area (Å²) in [7, 11) is 0. The molecule has 17 heavy (non-hydrogen) atoms. The number of aliphatic hydroxyl groups excluding tert-OH is 1. The van der Waals surface area contributed by atoms with E-state index >= 15 is 0 Å². The highest BCUT2D eigenvalue weighted by molar-refractivity contribution is 5.22. The molecule has 94 valence electrons. The summed E-state index contributed by atoms with van der Waals surface area (Å²) in [5.41, 5.74) is 0.0268. The first-order valence-electron chi connectivity index (χ1n) is 5.88. The highest BCUT2D eigenvalue weighted by Crippen LogP contribution is 2.35. The molecule has 1 aromatic rings. The predicted molar refractivity (Wildman–Crippen MR) is 59.5 cm³/mol. The third-order valence-corrected chi connectivity index (χ3v) is 3.35. The molecule has 3 unspecified atom stereocenters. The van der Waals surface area contributed by atoms with Crippen molar-refractivity contribution in [1.82, 2.24) is 0 Å². The minimum Gasteiger partial charge on any atom is -0.388 e. The zero-order chi connectivity index (χ0) is 12.4. The molecule has 2 nitrogen and oxygen atoms in total. The predicted octanol–water partition coefficient (Wildman–Crippen LogP) is 2.81. The van der Waals surface area contributed by atoms with Gasteiger partial charge in [0.2, 0.25) is 0 Å². The van der Waals surface area contributed by atoms with Crippen LogP contribution in [0.25, 0.3) is 0 Å². The zero-order valence-electron chi connectivity index (χ0n) is 9.70. The van der Waals surface area contributed by atoms with Gasteiger partial charge in [0, 0.05) is 18.1 Å². The number of aliphatic hydroxyl groups is 1. The van der Waals surface area contributed by atoms with E-state index in [2.05, 4.69) is 0 Å². The van der Waals surface area contributed by atoms with Crippen LogP contribution >= 0.6 is 0 Å². The van der Waals surface area contributed by atoms with E-state index in [4.69, 9.17) is 4.74 Å². The van der Waals surface area contributed by atoms with Crippen LogP contribution in [-0.2, 0) is 4.74 Å². The van der Waals surface area contributed by atoms with E-state index in [1.54, 1.807) is 0 Å². The molecular weight excluding hydrogens is 226 g/mol. The van der Waals surface area contributed by atoms with Gasteiger partial charge in [0.05, 0.1) is 12.2 Å². The fourth-order valence-electron chi connectivity index (χ4n) is 2.42. The molecule has 3 atom stereocenters. The Hall–Kier alpha value is -1.00. The maximum absolute atomic E-state index is 13.5. The second-order valence-corrected chi connectivity index (χ2v) is 4.38. The normalized spacial score (nSPS) is 26.1. The zero-order valence-corrected chi connectivity index (χ0v) is 9.70. The molecule has 1 heterocycles. The van der Waals surface area contributed by atoms with Gasteiger partial charge in [0.15, 0.2) is 0 Å². The fraction of sp³-hybridized carbons (Fsp3) is 0.538. The molecule has 0 aromatic heterocycles. The monoisotopic (exact) mass is 242 g/mol. The van der Waals surface area contributed by atoms with Crippen LogP contribution in [0.1, 0.15) is 31.4 Å². The number of ether oxygens (including phenoxy) is 1. The lowest BCUT2D eigenvalue weighted by Gasteiger charge is -2.23. The number of hydrogen-bond donors (Lipinski definition) is 1. The van der Waals surface area contributed by atoms with Crippen LogP contribution in [0.15, 0.2) is 18.2 Å². The molecule has 1 saturated heterocycles. The van der Waals surface area contributed by atoms with Gasteiger partial charge in [0.25, 0.3) is 0 Å². The van der Waals surface area contributed by atoms with Gasteiger partial charge in [-0.25, -0.2) is 8.78 Å². The lowest BCUT2D eigenvalue weighted by atomic mass is 9.89. The van der Waals surface area contributed by atoms with E-state index in [-0.39, 0.29) is 17.6 Å². The van der Waals surface area contributed by atoms with Gasteiger partial charge in [-0.1, -0.05) is 6.92 Å². The summed E-state index contributed by atoms with van der Waals surface area (Å²) >= 11 is 0. The third-order valence-electron chi connectivity index (χ3n) is 3.35. The van der Waals surface area contributed by atoms with Crippen LogP contribution in [-0.4, -0.2) is 17.8 Å². The van der Waals surface area contributed by atoms with Crippen molar-refractivity contribution in [1.29, 1.82) is 0 Å². The third kappa shape index (κ3) is 2.48. The molecule has 2 rings (SSSR count). The van der Waals surface area contributed by atoms with Gasteiger partial charge in [-0.2, -0.15) is 0 Å². The number of halogens is 2. The van der Waals surface area contributed by atoms with Crippen LogP contribution in [0.3, 0.4) is 0 Å². The second kappa shape index (κ2) is 5.10. The topological polar surface area (TPSA) is 29.5 Å². The molecule has 1 fully saturated rings. The minimum absolute atomic E-state index is 0.0268. The van der Waals surface area contributed by atoms with Crippen molar-refractivity contribution in [3.63, 3.8) is 0 Å². The number of benzene rings is 1. The highest BCUT2D eigenvalue weighted by atomic mass is 19.1. The summed E-state index contributed by atoms with van der Waals surface area (Å²) < 4.78 is 32.1. The summed E-state index contributed by atoms with van der Waals surface area (Å²) in [4.78, 5) is 0. The Kier molecular flexibility index (Phi) is 3.74. The van der Waals surface area contributed by atoms with Crippen molar-refractivity contribution >= 4 is 0 Å². The van der Waals surface area contributed by atoms with E-state index < -0.39 is 17.7 Å². The average Bonchev–Trinajstić information content (AvgIpc) is 2.79. The van der Waals surface area contributed by atoms with Crippen LogP contribution in [0.5, 0.6) is 0 Å². The molecule has 0 aliphatic carbocycles. The molecule has 1 aliphatic rings. The maximum atomic E-state index is 13.5. The maximum Gasteiger partial charge on any atom is 0.129 e. The second-order valence-electron chi connectivity index (χ2n) is 4.38. The van der Waals surface area contributed by atoms with Crippen LogP contribution < -0.4 is 0 Å². The largest absolute Gasteiger partial charge is 0.388 e. The van der Waals surface area contributed by atoms with E-state index in [0.29, 0.717) is 13.0 Å². The first kappa shape index (κ1) is 12.5. The van der Waals surface area contributed by atoms with Crippen molar-refractivity contribution < 1.29 is 18.6 Å². The summed E-state index contributed by atoms with van der Waals surface area (Å²) in [6, 6.07) is 3.16. The van der Waals surface area contributed by atoms with Crippen molar-refractivity contribution in [3.05, 3.63) is 35.4 Å². The Morgan fingerprint density at radius 1 is 1.47 bits per heavy atom. The Morgan fingerprint density at radius 2 is 2.24 bits per heavy atom. The molecule has 4 heteroatoms. The molecule has 1 N–H and O–H groups in total. The summed E-state index contributed by atoms with van der Waals surface area (Å²) in [6.45, 7) is 2.52. The number of hydrogen-bond acceptors (Lipinski definition) is 2. The molecule has 1 aromatic carbocycles. The fourth-order valence-corrected chi connectivity index (χ4v) is 2.42. The van der Waals surface area contributed by atoms with Crippen molar-refractivity contribution in [2.45, 2.75) is 32.0 Å². The molecule has 0 bridgehead atoms. The van der Waals surface area contributed by atoms with Gasteiger partial charge in [-0.15, -0.1) is 0 Å². The van der Waals surface area contributed by atoms with Gasteiger partial charge < -0.3 is 9.84 Å². The van der Waals surface area contributed by atoms with E-state index in [9.17, 15) is 13.9 Å². The van der Waals surface area contributed by atoms with Crippen LogP contribution in [0.4, 0.5) is 8.78 Å². The summed E-state index contributed by atoms with van der Waals surface area (Å²) in [5, 5.41) is 10.1. The molecule has 0 spiro atoms. The van der Waals surface area contributed by atoms with E-state index in [0.717, 1.165) is 24.6 Å². The SMILES string of the molecule is CCC1OCCC1C(O)c1cc(F)ccc1F. The standard InChI is InChI=1S/C13H16F2O2/c1-2-12-9(5-6-17-12)13(16)10-7-8(14)3-4-11(10)15/h3-4,7,9,12-13,16H,2,5-6H2,1H3. The van der Waals surface area contributed by atoms with E-state index in [1.807, 2.05) is 6.92 Å². The number of rotatable bonds is 3. The Morgan fingerprint density at radius 3 is 2.94 bits per heavy atom. The lowest BCUT2D eigenvalue weighted by molar-refractivity contribution is 0.0291. The molecule has 0 amide bonds. The highest BCUT2D eigenvalue weighted by Gasteiger charge is 2.34. The first-order chi connectivity index (χ1) is 8.13. The first-order valence-corrected chi connectivity index (χ1v) is 5.88. The molecule has 1 aliphatic heterocycles. The van der Waals surface area contributed by atoms with Gasteiger partial charge in [-0.05, 0) is 31.0 Å². The van der Waals surface area contributed by atoms with Gasteiger partial charge in [0.1, 0.15) is 11.6 Å². The van der Waals surface area contributed by atoms with Crippen molar-refractivity contribution in [2.75, 3.05) is 6.61 Å². The van der Waals surface area contributed by atoms with Gasteiger partial charge in [-0.3, -0.25) is 0 Å². The lowest BCUT2D eigenvalue weighted by Crippen LogP contribution is -2.22. The molecular formula is C13H16F2O2. The minimum atomic E-state index is -1.00. The van der Waals surface area contributed by atoms with Crippen molar-refractivity contribution in [3.8, 4) is 0 Å². The Balaban J connectivity index is 2.24. The molecule has 0 saturated carbocycles. The van der Waals surface area contributed by atoms with Crippen LogP contribution in [0.2, 0.25) is 0 Å². The smallest absolute Gasteiger partial charge is 0.129 e. The van der Waals surface area contributed by atoms with Crippen molar-refractivity contribution in [2.24, 2.45) is 5.92 Å². The summed E-state index contributed by atoms with van der Waals surface area (Å²) in [6.07, 6.45) is 0.361. The van der Waals surface area contributed by atoms with E-state index in [1.165, 1.54) is 0 Å². The van der Waals surface area contributed by atoms with Gasteiger partial charge >= 0.3 is 0 Å².